The number of aromatic hydroxyl groups is 1. The van der Waals surface area contributed by atoms with Crippen LogP contribution in [0.25, 0.3) is 0 Å². The minimum atomic E-state index is -4.24. The normalized spacial score (nSPS) is 11.4. The predicted octanol–water partition coefficient (Wildman–Crippen LogP) is 3.95. The average molecular weight is 350 g/mol. The molecule has 21 heavy (non-hydrogen) atoms. The highest BCUT2D eigenvalue weighted by Crippen LogP contribution is 2.35. The third kappa shape index (κ3) is 3.40. The number of sulfonamides is 1. The molecule has 0 amide bonds. The number of aryl methyl sites for hydroxylation is 1. The maximum absolute atomic E-state index is 13.6. The number of nitrogens with one attached hydrogen (secondary N) is 1. The van der Waals surface area contributed by atoms with Crippen molar-refractivity contribution in [1.82, 2.24) is 0 Å². The molecule has 0 spiro atoms. The topological polar surface area (TPSA) is 66.4 Å². The van der Waals surface area contributed by atoms with Crippen LogP contribution in [0.4, 0.5) is 10.1 Å². The van der Waals surface area contributed by atoms with E-state index in [1.807, 2.05) is 0 Å². The van der Waals surface area contributed by atoms with Crippen LogP contribution in [-0.4, -0.2) is 13.5 Å². The van der Waals surface area contributed by atoms with E-state index in [2.05, 4.69) is 4.72 Å². The quantitative estimate of drug-likeness (QED) is 0.881. The van der Waals surface area contributed by atoms with Crippen molar-refractivity contribution < 1.29 is 17.9 Å². The van der Waals surface area contributed by atoms with Crippen molar-refractivity contribution in [2.45, 2.75) is 11.8 Å². The fourth-order valence-corrected chi connectivity index (χ4v) is 3.48. The zero-order chi connectivity index (χ0) is 15.8. The highest BCUT2D eigenvalue weighted by Gasteiger charge is 2.23. The first-order valence-corrected chi connectivity index (χ1v) is 7.91. The smallest absolute Gasteiger partial charge is 0.265 e. The molecule has 2 N–H and O–H groups in total. The molecule has 0 radical (unpaired) electrons. The van der Waals surface area contributed by atoms with E-state index >= 15 is 0 Å². The molecule has 2 rings (SSSR count). The minimum absolute atomic E-state index is 0.0305. The van der Waals surface area contributed by atoms with Crippen molar-refractivity contribution in [2.75, 3.05) is 4.72 Å². The van der Waals surface area contributed by atoms with Crippen molar-refractivity contribution >= 4 is 38.9 Å². The number of phenolic OH excluding ortho intramolecular Hbond substituents is 1. The van der Waals surface area contributed by atoms with Crippen LogP contribution in [0.3, 0.4) is 0 Å². The van der Waals surface area contributed by atoms with Crippen molar-refractivity contribution in [3.8, 4) is 5.75 Å². The Hall–Kier alpha value is -1.50. The van der Waals surface area contributed by atoms with Gasteiger partial charge in [0.25, 0.3) is 10.0 Å². The third-order valence-corrected chi connectivity index (χ3v) is 4.53. The number of hydrogen-bond donors (Lipinski definition) is 2. The summed E-state index contributed by atoms with van der Waals surface area (Å²) >= 11 is 11.4. The van der Waals surface area contributed by atoms with Gasteiger partial charge in [0, 0.05) is 5.02 Å². The molecule has 0 saturated heterocycles. The van der Waals surface area contributed by atoms with Gasteiger partial charge in [-0.1, -0.05) is 29.3 Å². The predicted molar refractivity (Wildman–Crippen MR) is 80.1 cm³/mol. The van der Waals surface area contributed by atoms with Crippen LogP contribution in [0, 0.1) is 12.7 Å². The van der Waals surface area contributed by atoms with Crippen LogP contribution >= 0.6 is 23.2 Å². The van der Waals surface area contributed by atoms with E-state index < -0.39 is 26.5 Å². The van der Waals surface area contributed by atoms with Crippen LogP contribution in [0.1, 0.15) is 5.56 Å². The second-order valence-corrected chi connectivity index (χ2v) is 6.82. The zero-order valence-corrected chi connectivity index (χ0v) is 13.0. The van der Waals surface area contributed by atoms with E-state index in [0.717, 1.165) is 12.1 Å². The van der Waals surface area contributed by atoms with Crippen molar-refractivity contribution in [2.24, 2.45) is 0 Å². The highest BCUT2D eigenvalue weighted by atomic mass is 35.5. The molecule has 0 aliphatic carbocycles. The molecular formula is C13H10Cl2FNO3S. The lowest BCUT2D eigenvalue weighted by Crippen LogP contribution is -2.14. The second-order valence-electron chi connectivity index (χ2n) is 4.32. The maximum Gasteiger partial charge on any atom is 0.265 e. The lowest BCUT2D eigenvalue weighted by Gasteiger charge is -2.12. The number of anilines is 1. The summed E-state index contributed by atoms with van der Waals surface area (Å²) in [6.07, 6.45) is 0. The zero-order valence-electron chi connectivity index (χ0n) is 10.7. The molecule has 8 heteroatoms. The first-order chi connectivity index (χ1) is 9.70. The van der Waals surface area contributed by atoms with Crippen LogP contribution in [-0.2, 0) is 10.0 Å². The fourth-order valence-electron chi connectivity index (χ4n) is 1.66. The Labute approximate surface area is 131 Å². The van der Waals surface area contributed by atoms with Gasteiger partial charge in [0.2, 0.25) is 0 Å². The number of benzene rings is 2. The molecule has 2 aromatic rings. The van der Waals surface area contributed by atoms with Gasteiger partial charge in [0.1, 0.15) is 10.7 Å². The highest BCUT2D eigenvalue weighted by molar-refractivity contribution is 7.92. The molecule has 0 atom stereocenters. The van der Waals surface area contributed by atoms with Gasteiger partial charge >= 0.3 is 0 Å². The molecule has 4 nitrogen and oxygen atoms in total. The summed E-state index contributed by atoms with van der Waals surface area (Å²) in [7, 11) is -4.24. The van der Waals surface area contributed by atoms with Gasteiger partial charge < -0.3 is 5.11 Å². The van der Waals surface area contributed by atoms with E-state index in [4.69, 9.17) is 23.2 Å². The molecular weight excluding hydrogens is 340 g/mol. The molecule has 112 valence electrons. The Morgan fingerprint density at radius 3 is 2.52 bits per heavy atom. The minimum Gasteiger partial charge on any atom is -0.505 e. The first kappa shape index (κ1) is 15.9. The van der Waals surface area contributed by atoms with Crippen molar-refractivity contribution in [3.05, 3.63) is 51.8 Å². The molecule has 2 aromatic carbocycles. The Morgan fingerprint density at radius 2 is 1.86 bits per heavy atom. The Kier molecular flexibility index (Phi) is 4.32. The van der Waals surface area contributed by atoms with Gasteiger partial charge in [-0.15, -0.1) is 0 Å². The van der Waals surface area contributed by atoms with Gasteiger partial charge in [-0.3, -0.25) is 4.72 Å². The largest absolute Gasteiger partial charge is 0.505 e. The Morgan fingerprint density at radius 1 is 1.19 bits per heavy atom. The summed E-state index contributed by atoms with van der Waals surface area (Å²) in [6.45, 7) is 1.69. The van der Waals surface area contributed by atoms with Gasteiger partial charge in [-0.05, 0) is 36.8 Å². The van der Waals surface area contributed by atoms with Crippen molar-refractivity contribution in [3.63, 3.8) is 0 Å². The van der Waals surface area contributed by atoms with Crippen LogP contribution in [0.2, 0.25) is 10.0 Å². The summed E-state index contributed by atoms with van der Waals surface area (Å²) in [6, 6.07) is 6.19. The van der Waals surface area contributed by atoms with Gasteiger partial charge in [-0.25, -0.2) is 12.8 Å². The van der Waals surface area contributed by atoms with Crippen LogP contribution in [0.15, 0.2) is 35.2 Å². The second kappa shape index (κ2) is 5.71. The number of halogens is 3. The standard InChI is InChI=1S/C13H10Cl2FNO3S/c1-7-2-3-10(16)11(4-7)17-21(19,20)12-6-8(14)5-9(15)13(12)18/h2-6,17-18H,1H3. The Bertz CT molecular complexity index is 809. The number of rotatable bonds is 3. The molecule has 0 saturated carbocycles. The molecule has 0 bridgehead atoms. The molecule has 0 aliphatic rings. The van der Waals surface area contributed by atoms with E-state index in [1.54, 1.807) is 6.92 Å². The Balaban J connectivity index is 2.51. The van der Waals surface area contributed by atoms with E-state index in [9.17, 15) is 17.9 Å². The summed E-state index contributed by atoms with van der Waals surface area (Å²) in [4.78, 5) is -0.527. The average Bonchev–Trinajstić information content (AvgIpc) is 2.37. The third-order valence-electron chi connectivity index (χ3n) is 2.65. The fraction of sp³-hybridized carbons (Fsp3) is 0.0769. The van der Waals surface area contributed by atoms with E-state index in [-0.39, 0.29) is 15.7 Å². The van der Waals surface area contributed by atoms with E-state index in [0.29, 0.717) is 5.56 Å². The first-order valence-electron chi connectivity index (χ1n) is 5.67. The summed E-state index contributed by atoms with van der Waals surface area (Å²) in [5, 5.41) is 9.57. The van der Waals surface area contributed by atoms with E-state index in [1.165, 1.54) is 18.2 Å². The maximum atomic E-state index is 13.6. The molecule has 0 aliphatic heterocycles. The van der Waals surface area contributed by atoms with Gasteiger partial charge in [0.05, 0.1) is 10.7 Å². The molecule has 0 aromatic heterocycles. The summed E-state index contributed by atoms with van der Waals surface area (Å²) in [5.41, 5.74) is 0.438. The van der Waals surface area contributed by atoms with Crippen molar-refractivity contribution in [1.29, 1.82) is 0 Å². The SMILES string of the molecule is Cc1ccc(F)c(NS(=O)(=O)c2cc(Cl)cc(Cl)c2O)c1. The molecule has 0 heterocycles. The molecule has 0 unspecified atom stereocenters. The number of phenols is 1. The lowest BCUT2D eigenvalue weighted by molar-refractivity contribution is 0.459. The summed E-state index contributed by atoms with van der Waals surface area (Å²) < 4.78 is 40.2. The summed E-state index contributed by atoms with van der Waals surface area (Å²) in [5.74, 6) is -1.39. The number of hydrogen-bond acceptors (Lipinski definition) is 3. The molecule has 0 fully saturated rings. The van der Waals surface area contributed by atoms with Gasteiger partial charge in [-0.2, -0.15) is 0 Å². The lowest BCUT2D eigenvalue weighted by atomic mass is 10.2. The van der Waals surface area contributed by atoms with Crippen LogP contribution in [0.5, 0.6) is 5.75 Å². The monoisotopic (exact) mass is 349 g/mol. The van der Waals surface area contributed by atoms with Crippen LogP contribution < -0.4 is 4.72 Å². The van der Waals surface area contributed by atoms with Gasteiger partial charge in [0.15, 0.2) is 5.75 Å².